The molecule has 2 aromatic rings. The molecule has 0 unspecified atom stereocenters. The highest BCUT2D eigenvalue weighted by Gasteiger charge is 2.09. The van der Waals surface area contributed by atoms with Crippen LogP contribution in [-0.2, 0) is 0 Å². The highest BCUT2D eigenvalue weighted by Crippen LogP contribution is 2.19. The van der Waals surface area contributed by atoms with E-state index >= 15 is 0 Å². The van der Waals surface area contributed by atoms with Gasteiger partial charge >= 0.3 is 0 Å². The summed E-state index contributed by atoms with van der Waals surface area (Å²) in [6.45, 7) is 0. The van der Waals surface area contributed by atoms with E-state index in [1.807, 2.05) is 0 Å². The molecule has 5 heteroatoms. The summed E-state index contributed by atoms with van der Waals surface area (Å²) in [7, 11) is 0. The number of carbonyl (C=O) groups excluding carboxylic acids is 1. The second-order valence-electron chi connectivity index (χ2n) is 3.33. The molecule has 1 aromatic carbocycles. The highest BCUT2D eigenvalue weighted by atomic mass is 19.1. The maximum Gasteiger partial charge on any atom is 0.256 e. The molecular formula is C12H9FN2O2. The van der Waals surface area contributed by atoms with Gasteiger partial charge in [0.1, 0.15) is 5.82 Å². The molecule has 2 rings (SSSR count). The molecule has 1 heterocycles. The summed E-state index contributed by atoms with van der Waals surface area (Å²) < 4.78 is 12.7. The number of nitrogens with zero attached hydrogens (tertiary/aromatic N) is 1. The van der Waals surface area contributed by atoms with Crippen LogP contribution >= 0.6 is 0 Å². The van der Waals surface area contributed by atoms with Crippen molar-refractivity contribution in [1.29, 1.82) is 0 Å². The number of nitrogens with one attached hydrogen (secondary N) is 1. The summed E-state index contributed by atoms with van der Waals surface area (Å²) in [5.74, 6) is -0.925. The molecule has 0 saturated carbocycles. The topological polar surface area (TPSA) is 62.2 Å². The Kier molecular flexibility index (Phi) is 3.00. The lowest BCUT2D eigenvalue weighted by atomic mass is 10.2. The van der Waals surface area contributed by atoms with Crippen molar-refractivity contribution in [2.24, 2.45) is 0 Å². The Morgan fingerprint density at radius 2 is 1.94 bits per heavy atom. The quantitative estimate of drug-likeness (QED) is 0.834. The fourth-order valence-corrected chi connectivity index (χ4v) is 1.27. The fourth-order valence-electron chi connectivity index (χ4n) is 1.27. The maximum atomic E-state index is 12.7. The van der Waals surface area contributed by atoms with Gasteiger partial charge in [-0.1, -0.05) is 0 Å². The maximum absolute atomic E-state index is 12.7. The monoisotopic (exact) mass is 232 g/mol. The first-order valence-corrected chi connectivity index (χ1v) is 4.88. The Hall–Kier alpha value is -2.43. The van der Waals surface area contributed by atoms with E-state index in [1.165, 1.54) is 36.5 Å². The average Bonchev–Trinajstić information content (AvgIpc) is 2.33. The van der Waals surface area contributed by atoms with Crippen molar-refractivity contribution in [3.8, 4) is 5.75 Å². The zero-order valence-electron chi connectivity index (χ0n) is 8.72. The van der Waals surface area contributed by atoms with Crippen LogP contribution in [0.3, 0.4) is 0 Å². The van der Waals surface area contributed by atoms with Crippen LogP contribution in [-0.4, -0.2) is 16.0 Å². The third-order valence-electron chi connectivity index (χ3n) is 2.12. The van der Waals surface area contributed by atoms with Crippen molar-refractivity contribution in [2.45, 2.75) is 0 Å². The Morgan fingerprint density at radius 1 is 1.24 bits per heavy atom. The number of anilines is 1. The second kappa shape index (κ2) is 4.61. The van der Waals surface area contributed by atoms with E-state index in [0.29, 0.717) is 0 Å². The van der Waals surface area contributed by atoms with Crippen LogP contribution in [0.1, 0.15) is 10.4 Å². The smallest absolute Gasteiger partial charge is 0.256 e. The summed E-state index contributed by atoms with van der Waals surface area (Å²) in [5, 5.41) is 11.8. The first-order valence-electron chi connectivity index (χ1n) is 4.88. The summed E-state index contributed by atoms with van der Waals surface area (Å²) in [6.07, 6.45) is 1.44. The molecule has 0 bridgehead atoms. The Bertz CT molecular complexity index is 540. The fraction of sp³-hybridized carbons (Fsp3) is 0. The molecule has 0 saturated heterocycles. The number of aromatic hydroxyl groups is 1. The van der Waals surface area contributed by atoms with Gasteiger partial charge in [0, 0.05) is 11.8 Å². The van der Waals surface area contributed by atoms with Crippen LogP contribution in [0.15, 0.2) is 42.6 Å². The Balaban J connectivity index is 2.17. The molecule has 1 amide bonds. The van der Waals surface area contributed by atoms with E-state index in [4.69, 9.17) is 0 Å². The number of rotatable bonds is 2. The molecule has 0 aliphatic rings. The number of hydrogen-bond acceptors (Lipinski definition) is 3. The van der Waals surface area contributed by atoms with Gasteiger partial charge in [-0.15, -0.1) is 0 Å². The molecular weight excluding hydrogens is 223 g/mol. The second-order valence-corrected chi connectivity index (χ2v) is 3.33. The summed E-state index contributed by atoms with van der Waals surface area (Å²) in [4.78, 5) is 15.5. The van der Waals surface area contributed by atoms with Crippen LogP contribution in [0.5, 0.6) is 5.75 Å². The first kappa shape index (κ1) is 11.1. The number of aromatic nitrogens is 1. The molecule has 17 heavy (non-hydrogen) atoms. The molecule has 0 atom stereocenters. The molecule has 0 aliphatic carbocycles. The van der Waals surface area contributed by atoms with E-state index in [-0.39, 0.29) is 17.1 Å². The zero-order valence-corrected chi connectivity index (χ0v) is 8.72. The van der Waals surface area contributed by atoms with Crippen molar-refractivity contribution in [3.63, 3.8) is 0 Å². The third kappa shape index (κ3) is 2.57. The summed E-state index contributed by atoms with van der Waals surface area (Å²) in [6, 6.07) is 8.03. The van der Waals surface area contributed by atoms with Crippen LogP contribution in [0.2, 0.25) is 0 Å². The average molecular weight is 232 g/mol. The normalized spacial score (nSPS) is 9.94. The van der Waals surface area contributed by atoms with Crippen LogP contribution in [0.4, 0.5) is 10.2 Å². The minimum absolute atomic E-state index is 0.0711. The van der Waals surface area contributed by atoms with Crippen molar-refractivity contribution >= 4 is 11.7 Å². The first-order chi connectivity index (χ1) is 8.16. The van der Waals surface area contributed by atoms with E-state index < -0.39 is 11.7 Å². The molecule has 86 valence electrons. The van der Waals surface area contributed by atoms with Crippen LogP contribution < -0.4 is 5.32 Å². The predicted molar refractivity (Wildman–Crippen MR) is 60.3 cm³/mol. The van der Waals surface area contributed by atoms with Gasteiger partial charge in [0.2, 0.25) is 0 Å². The highest BCUT2D eigenvalue weighted by molar-refractivity contribution is 6.04. The van der Waals surface area contributed by atoms with Gasteiger partial charge in [-0.3, -0.25) is 4.79 Å². The minimum atomic E-state index is -0.459. The van der Waals surface area contributed by atoms with Gasteiger partial charge in [0.05, 0.1) is 0 Å². The largest absolute Gasteiger partial charge is 0.504 e. The molecule has 1 aromatic heterocycles. The molecule has 0 fully saturated rings. The third-order valence-corrected chi connectivity index (χ3v) is 2.12. The van der Waals surface area contributed by atoms with Gasteiger partial charge < -0.3 is 10.4 Å². The number of hydrogen-bond donors (Lipinski definition) is 2. The van der Waals surface area contributed by atoms with Crippen LogP contribution in [0, 0.1) is 5.82 Å². The van der Waals surface area contributed by atoms with E-state index in [0.717, 1.165) is 0 Å². The lowest BCUT2D eigenvalue weighted by Crippen LogP contribution is -2.12. The van der Waals surface area contributed by atoms with Gasteiger partial charge in [-0.05, 0) is 36.4 Å². The SMILES string of the molecule is O=C(Nc1ncccc1O)c1ccc(F)cc1. The van der Waals surface area contributed by atoms with Crippen molar-refractivity contribution in [3.05, 3.63) is 54.0 Å². The number of carbonyl (C=O) groups is 1. The number of benzene rings is 1. The zero-order chi connectivity index (χ0) is 12.3. The Morgan fingerprint density at radius 3 is 2.59 bits per heavy atom. The van der Waals surface area contributed by atoms with Crippen molar-refractivity contribution in [1.82, 2.24) is 4.98 Å². The minimum Gasteiger partial charge on any atom is -0.504 e. The van der Waals surface area contributed by atoms with Gasteiger partial charge in [0.25, 0.3) is 5.91 Å². The van der Waals surface area contributed by atoms with E-state index in [2.05, 4.69) is 10.3 Å². The standard InChI is InChI=1S/C12H9FN2O2/c13-9-5-3-8(4-6-9)12(17)15-11-10(16)2-1-7-14-11/h1-7,16H,(H,14,15,17). The molecule has 2 N–H and O–H groups in total. The predicted octanol–water partition coefficient (Wildman–Crippen LogP) is 2.18. The molecule has 0 spiro atoms. The number of pyridine rings is 1. The molecule has 0 aliphatic heterocycles. The lowest BCUT2D eigenvalue weighted by molar-refractivity contribution is 0.102. The number of halogens is 1. The number of amides is 1. The van der Waals surface area contributed by atoms with Gasteiger partial charge in [-0.2, -0.15) is 0 Å². The van der Waals surface area contributed by atoms with Crippen LogP contribution in [0.25, 0.3) is 0 Å². The summed E-state index contributed by atoms with van der Waals surface area (Å²) in [5.41, 5.74) is 0.288. The lowest BCUT2D eigenvalue weighted by Gasteiger charge is -2.05. The van der Waals surface area contributed by atoms with Gasteiger partial charge in [0.15, 0.2) is 11.6 Å². The summed E-state index contributed by atoms with van der Waals surface area (Å²) >= 11 is 0. The van der Waals surface area contributed by atoms with Gasteiger partial charge in [-0.25, -0.2) is 9.37 Å². The van der Waals surface area contributed by atoms with E-state index in [1.54, 1.807) is 6.07 Å². The molecule has 0 radical (unpaired) electrons. The van der Waals surface area contributed by atoms with Crippen molar-refractivity contribution < 1.29 is 14.3 Å². The van der Waals surface area contributed by atoms with E-state index in [9.17, 15) is 14.3 Å². The Labute approximate surface area is 96.7 Å². The molecule has 4 nitrogen and oxygen atoms in total. The van der Waals surface area contributed by atoms with Crippen molar-refractivity contribution in [2.75, 3.05) is 5.32 Å².